The number of aliphatic hydroxyl groups is 1. The Hall–Kier alpha value is -1.88. The Morgan fingerprint density at radius 2 is 1.88 bits per heavy atom. The van der Waals surface area contributed by atoms with Crippen LogP contribution in [-0.2, 0) is 9.59 Å². The summed E-state index contributed by atoms with van der Waals surface area (Å²) in [6.07, 6.45) is 4.29. The molecule has 2 saturated carbocycles. The van der Waals surface area contributed by atoms with E-state index in [1.54, 1.807) is 11.8 Å². The van der Waals surface area contributed by atoms with Crippen LogP contribution in [0, 0.1) is 11.8 Å². The van der Waals surface area contributed by atoms with E-state index in [1.165, 1.54) is 6.42 Å². The molecule has 2 amide bonds. The van der Waals surface area contributed by atoms with Crippen molar-refractivity contribution in [1.29, 1.82) is 0 Å². The van der Waals surface area contributed by atoms with Gasteiger partial charge in [-0.25, -0.2) is 0 Å². The predicted octanol–water partition coefficient (Wildman–Crippen LogP) is 2.10. The Bertz CT molecular complexity index is 580. The molecule has 5 nitrogen and oxygen atoms in total. The van der Waals surface area contributed by atoms with Gasteiger partial charge in [-0.2, -0.15) is 0 Å². The molecule has 2 N–H and O–H groups in total. The van der Waals surface area contributed by atoms with Crippen molar-refractivity contribution in [3.8, 4) is 0 Å². The number of nitrogens with one attached hydrogen (secondary N) is 1. The van der Waals surface area contributed by atoms with Crippen molar-refractivity contribution in [3.63, 3.8) is 0 Å². The first-order valence-corrected chi connectivity index (χ1v) is 8.91. The summed E-state index contributed by atoms with van der Waals surface area (Å²) >= 11 is 0. The number of rotatable bonds is 7. The number of carbonyl (C=O) groups is 2. The summed E-state index contributed by atoms with van der Waals surface area (Å²) in [6.45, 7) is 2.20. The van der Waals surface area contributed by atoms with Crippen LogP contribution in [0.3, 0.4) is 0 Å². The summed E-state index contributed by atoms with van der Waals surface area (Å²) in [5.74, 6) is 0.168. The molecule has 2 atom stereocenters. The highest BCUT2D eigenvalue weighted by atomic mass is 16.3. The molecule has 24 heavy (non-hydrogen) atoms. The third-order valence-corrected chi connectivity index (χ3v) is 4.99. The normalized spacial score (nSPS) is 19.9. The van der Waals surface area contributed by atoms with E-state index in [9.17, 15) is 14.7 Å². The number of amides is 2. The van der Waals surface area contributed by atoms with Crippen LogP contribution >= 0.6 is 0 Å². The fourth-order valence-corrected chi connectivity index (χ4v) is 3.04. The topological polar surface area (TPSA) is 69.6 Å². The molecule has 2 unspecified atom stereocenters. The van der Waals surface area contributed by atoms with Gasteiger partial charge in [-0.15, -0.1) is 0 Å². The highest BCUT2D eigenvalue weighted by molar-refractivity contribution is 6.00. The van der Waals surface area contributed by atoms with E-state index in [4.69, 9.17) is 0 Å². The first-order valence-electron chi connectivity index (χ1n) is 8.91. The van der Waals surface area contributed by atoms with Crippen molar-refractivity contribution < 1.29 is 14.7 Å². The summed E-state index contributed by atoms with van der Waals surface area (Å²) in [4.78, 5) is 26.9. The number of hydrogen-bond donors (Lipinski definition) is 2. The fraction of sp³-hybridized carbons (Fsp3) is 0.579. The Labute approximate surface area is 143 Å². The Morgan fingerprint density at radius 3 is 2.38 bits per heavy atom. The van der Waals surface area contributed by atoms with Gasteiger partial charge in [0, 0.05) is 18.2 Å². The SMILES string of the molecule is CC(O)C(NC(=O)C1CC1)C(=O)N(CC1CCC1)c1ccccc1. The maximum absolute atomic E-state index is 13.1. The molecule has 3 rings (SSSR count). The zero-order valence-electron chi connectivity index (χ0n) is 14.1. The summed E-state index contributed by atoms with van der Waals surface area (Å²) in [5.41, 5.74) is 0.820. The van der Waals surface area contributed by atoms with E-state index < -0.39 is 12.1 Å². The van der Waals surface area contributed by atoms with Crippen LogP contribution in [0.15, 0.2) is 30.3 Å². The second-order valence-electron chi connectivity index (χ2n) is 7.08. The minimum Gasteiger partial charge on any atom is -0.391 e. The van der Waals surface area contributed by atoms with Crippen LogP contribution < -0.4 is 10.2 Å². The average molecular weight is 330 g/mol. The highest BCUT2D eigenvalue weighted by Crippen LogP contribution is 2.31. The Kier molecular flexibility index (Phi) is 5.19. The first-order chi connectivity index (χ1) is 11.6. The van der Waals surface area contributed by atoms with Gasteiger partial charge < -0.3 is 15.3 Å². The molecule has 1 aromatic rings. The molecule has 2 aliphatic carbocycles. The van der Waals surface area contributed by atoms with Gasteiger partial charge in [-0.1, -0.05) is 24.6 Å². The highest BCUT2D eigenvalue weighted by Gasteiger charge is 2.37. The van der Waals surface area contributed by atoms with E-state index in [0.29, 0.717) is 12.5 Å². The molecule has 0 radical (unpaired) electrons. The summed E-state index contributed by atoms with van der Waals surface area (Å²) in [6, 6.07) is 8.62. The van der Waals surface area contributed by atoms with Crippen LogP contribution in [0.2, 0.25) is 0 Å². The number of benzene rings is 1. The summed E-state index contributed by atoms with van der Waals surface area (Å²) in [7, 11) is 0. The molecule has 5 heteroatoms. The standard InChI is InChI=1S/C19H26N2O3/c1-13(22)17(20-18(23)15-10-11-15)19(24)21(12-14-6-5-7-14)16-8-3-2-4-9-16/h2-4,8-9,13-15,17,22H,5-7,10-12H2,1H3,(H,20,23). The monoisotopic (exact) mass is 330 g/mol. The van der Waals surface area contributed by atoms with Gasteiger partial charge >= 0.3 is 0 Å². The van der Waals surface area contributed by atoms with Crippen molar-refractivity contribution in [2.45, 2.75) is 51.2 Å². The van der Waals surface area contributed by atoms with E-state index in [1.807, 2.05) is 30.3 Å². The van der Waals surface area contributed by atoms with Crippen molar-refractivity contribution in [2.24, 2.45) is 11.8 Å². The molecule has 2 fully saturated rings. The molecule has 0 aromatic heterocycles. The Morgan fingerprint density at radius 1 is 1.21 bits per heavy atom. The zero-order chi connectivity index (χ0) is 17.1. The number of aliphatic hydroxyl groups excluding tert-OH is 1. The minimum absolute atomic E-state index is 0.0101. The van der Waals surface area contributed by atoms with Gasteiger partial charge in [-0.05, 0) is 50.7 Å². The van der Waals surface area contributed by atoms with E-state index in [-0.39, 0.29) is 17.7 Å². The van der Waals surface area contributed by atoms with Crippen molar-refractivity contribution in [3.05, 3.63) is 30.3 Å². The minimum atomic E-state index is -0.923. The summed E-state index contributed by atoms with van der Waals surface area (Å²) in [5, 5.41) is 12.8. The van der Waals surface area contributed by atoms with Crippen LogP contribution in [0.1, 0.15) is 39.0 Å². The third-order valence-electron chi connectivity index (χ3n) is 4.99. The molecule has 0 aliphatic heterocycles. The zero-order valence-corrected chi connectivity index (χ0v) is 14.1. The molecular weight excluding hydrogens is 304 g/mol. The lowest BCUT2D eigenvalue weighted by Gasteiger charge is -2.35. The van der Waals surface area contributed by atoms with Crippen molar-refractivity contribution >= 4 is 17.5 Å². The lowest BCUT2D eigenvalue weighted by Crippen LogP contribution is -2.55. The molecular formula is C19H26N2O3. The van der Waals surface area contributed by atoms with Gasteiger partial charge in [0.05, 0.1) is 6.10 Å². The first kappa shape index (κ1) is 17.0. The van der Waals surface area contributed by atoms with Crippen LogP contribution in [0.4, 0.5) is 5.69 Å². The lowest BCUT2D eigenvalue weighted by atomic mass is 9.85. The third kappa shape index (κ3) is 3.96. The second-order valence-corrected chi connectivity index (χ2v) is 7.08. The van der Waals surface area contributed by atoms with Crippen molar-refractivity contribution in [1.82, 2.24) is 5.32 Å². The Balaban J connectivity index is 1.77. The average Bonchev–Trinajstić information content (AvgIpc) is 3.36. The number of anilines is 1. The van der Waals surface area contributed by atoms with Crippen LogP contribution in [-0.4, -0.2) is 35.6 Å². The second kappa shape index (κ2) is 7.34. The molecule has 0 bridgehead atoms. The molecule has 0 spiro atoms. The van der Waals surface area contributed by atoms with Gasteiger partial charge in [0.25, 0.3) is 5.91 Å². The predicted molar refractivity (Wildman–Crippen MR) is 92.5 cm³/mol. The van der Waals surface area contributed by atoms with Crippen LogP contribution in [0.25, 0.3) is 0 Å². The fourth-order valence-electron chi connectivity index (χ4n) is 3.04. The number of nitrogens with zero attached hydrogens (tertiary/aromatic N) is 1. The molecule has 1 aromatic carbocycles. The lowest BCUT2D eigenvalue weighted by molar-refractivity contribution is -0.130. The smallest absolute Gasteiger partial charge is 0.252 e. The molecule has 130 valence electrons. The van der Waals surface area contributed by atoms with Gasteiger partial charge in [0.15, 0.2) is 0 Å². The molecule has 2 aliphatic rings. The van der Waals surface area contributed by atoms with Crippen LogP contribution in [0.5, 0.6) is 0 Å². The molecule has 0 heterocycles. The van der Waals surface area contributed by atoms with Gasteiger partial charge in [0.2, 0.25) is 5.91 Å². The van der Waals surface area contributed by atoms with Gasteiger partial charge in [0.1, 0.15) is 6.04 Å². The maximum atomic E-state index is 13.1. The quantitative estimate of drug-likeness (QED) is 0.804. The summed E-state index contributed by atoms with van der Waals surface area (Å²) < 4.78 is 0. The number of hydrogen-bond acceptors (Lipinski definition) is 3. The van der Waals surface area contributed by atoms with E-state index in [2.05, 4.69) is 5.32 Å². The van der Waals surface area contributed by atoms with Crippen molar-refractivity contribution in [2.75, 3.05) is 11.4 Å². The maximum Gasteiger partial charge on any atom is 0.252 e. The largest absolute Gasteiger partial charge is 0.391 e. The van der Waals surface area contributed by atoms with E-state index in [0.717, 1.165) is 31.4 Å². The van der Waals surface area contributed by atoms with E-state index >= 15 is 0 Å². The van der Waals surface area contributed by atoms with Gasteiger partial charge in [-0.3, -0.25) is 9.59 Å². The number of carbonyl (C=O) groups excluding carboxylic acids is 2. The number of para-hydroxylation sites is 1. The molecule has 0 saturated heterocycles.